The Kier molecular flexibility index (Phi) is 10.3. The number of carbonyl (C=O) groups is 4. The fraction of sp³-hybridized carbons (Fsp3) is 0.778. The summed E-state index contributed by atoms with van der Waals surface area (Å²) >= 11 is 4.35. The van der Waals surface area contributed by atoms with Gasteiger partial charge < -0.3 is 77.3 Å². The third-order valence-electron chi connectivity index (χ3n) is 7.86. The number of aliphatic carboxylic acids is 4. The zero-order valence-electron chi connectivity index (χ0n) is 17.1. The first-order valence-corrected chi connectivity index (χ1v) is 12.8. The predicted octanol–water partition coefficient (Wildman–Crippen LogP) is -5.63. The van der Waals surface area contributed by atoms with Gasteiger partial charge in [0.1, 0.15) is 51.4 Å². The fourth-order valence-electron chi connectivity index (χ4n) is 5.93. The second kappa shape index (κ2) is 10.8. The number of nitrogens with zero attached hydrogens (tertiary/aromatic N) is 2. The molecule has 2 atom stereocenters. The van der Waals surface area contributed by atoms with Crippen molar-refractivity contribution in [3.8, 4) is 0 Å². The molecule has 3 aliphatic heterocycles. The summed E-state index contributed by atoms with van der Waals surface area (Å²) in [6, 6.07) is -0.218. The van der Waals surface area contributed by atoms with Gasteiger partial charge >= 0.3 is 23.9 Å². The largest absolute Gasteiger partial charge is 1.00 e. The molecule has 3 saturated heterocycles. The molecule has 184 valence electrons. The monoisotopic (exact) mass is 906 g/mol. The van der Waals surface area contributed by atoms with Crippen molar-refractivity contribution in [1.82, 2.24) is 0 Å². The molecule has 3 aliphatic rings. The van der Waals surface area contributed by atoms with Crippen LogP contribution in [0.2, 0.25) is 0 Å². The molecule has 0 amide bonds. The molecule has 3 fully saturated rings. The summed E-state index contributed by atoms with van der Waals surface area (Å²) in [6.45, 7) is 2.14. The Morgan fingerprint density at radius 1 is 0.656 bits per heavy atom. The Bertz CT molecular complexity index is 695. The van der Waals surface area contributed by atoms with Gasteiger partial charge in [-0.2, -0.15) is 0 Å². The fourth-order valence-corrected chi connectivity index (χ4v) is 8.22. The van der Waals surface area contributed by atoms with Gasteiger partial charge in [-0.05, 0) is 0 Å². The number of piperazine rings is 1. The van der Waals surface area contributed by atoms with E-state index in [0.29, 0.717) is 44.0 Å². The minimum absolute atomic E-state index is 0. The third-order valence-corrected chi connectivity index (χ3v) is 9.90. The molecule has 2 spiro atoms. The highest BCUT2D eigenvalue weighted by molar-refractivity contribution is 14.1. The van der Waals surface area contributed by atoms with Crippen molar-refractivity contribution in [3.05, 3.63) is 0 Å². The number of hydrogen-bond acceptors (Lipinski definition) is 4. The molecule has 10 nitrogen and oxygen atoms in total. The van der Waals surface area contributed by atoms with Gasteiger partial charge in [-0.3, -0.25) is 19.2 Å². The summed E-state index contributed by atoms with van der Waals surface area (Å²) in [5.74, 6) is -5.24. The Balaban J connectivity index is 0.00000256. The van der Waals surface area contributed by atoms with E-state index in [-0.39, 0.29) is 86.0 Å². The lowest BCUT2D eigenvalue weighted by atomic mass is 9.86. The first-order valence-electron chi connectivity index (χ1n) is 9.71. The second-order valence-corrected chi connectivity index (χ2v) is 10.8. The zero-order valence-corrected chi connectivity index (χ0v) is 25.7. The normalized spacial score (nSPS) is 34.4. The predicted molar refractivity (Wildman–Crippen MR) is 120 cm³/mol. The van der Waals surface area contributed by atoms with Gasteiger partial charge in [0, 0.05) is 12.8 Å². The van der Waals surface area contributed by atoms with Crippen LogP contribution in [0, 0.1) is 10.8 Å². The molecule has 0 aliphatic carbocycles. The van der Waals surface area contributed by atoms with Gasteiger partial charge in [0.05, 0.1) is 8.86 Å². The topological polar surface area (TPSA) is 149 Å². The van der Waals surface area contributed by atoms with Crippen molar-refractivity contribution in [1.29, 1.82) is 0 Å². The van der Waals surface area contributed by atoms with Crippen molar-refractivity contribution in [3.63, 3.8) is 0 Å². The summed E-state index contributed by atoms with van der Waals surface area (Å²) in [6.07, 6.45) is 0.148. The van der Waals surface area contributed by atoms with Gasteiger partial charge in [-0.15, -0.1) is 0 Å². The van der Waals surface area contributed by atoms with Gasteiger partial charge in [0.25, 0.3) is 0 Å². The van der Waals surface area contributed by atoms with E-state index in [9.17, 15) is 39.6 Å². The van der Waals surface area contributed by atoms with Crippen molar-refractivity contribution in [2.45, 2.75) is 24.9 Å². The first kappa shape index (κ1) is 30.8. The van der Waals surface area contributed by atoms with E-state index in [1.54, 1.807) is 0 Å². The van der Waals surface area contributed by atoms with Crippen molar-refractivity contribution >= 4 is 69.1 Å². The van der Waals surface area contributed by atoms with E-state index in [1.807, 2.05) is 0 Å². The third kappa shape index (κ3) is 4.61. The Morgan fingerprint density at radius 2 is 0.906 bits per heavy atom. The van der Waals surface area contributed by atoms with E-state index in [4.69, 9.17) is 0 Å². The number of alkyl halides is 2. The van der Waals surface area contributed by atoms with Crippen LogP contribution in [0.25, 0.3) is 0 Å². The standard InChI is InChI=1S/C18H24I2N2O8.2HI/c19-7-11-5-17(13(23)24,14(25)26)9-21(11)1-2-22(4-3-21)10-18(15(27)28,16(29)30)6-12(22)8-20;;/h11-12H,1-10H2,(H2-2,23,24,25,26,27,28,29,30);2*1H. The minimum atomic E-state index is -1.81. The molecule has 3 rings (SSSR count). The van der Waals surface area contributed by atoms with Crippen molar-refractivity contribution in [2.75, 3.05) is 48.1 Å². The van der Waals surface area contributed by atoms with Gasteiger partial charge in [-0.1, -0.05) is 45.2 Å². The average Bonchev–Trinajstić information content (AvgIpc) is 3.19. The molecular weight excluding hydrogens is 880 g/mol. The molecule has 32 heavy (non-hydrogen) atoms. The molecule has 0 aromatic carbocycles. The molecule has 0 bridgehead atoms. The molecule has 3 heterocycles. The lowest BCUT2D eigenvalue weighted by Crippen LogP contribution is -3.00. The maximum Gasteiger partial charge on any atom is 0.327 e. The van der Waals surface area contributed by atoms with E-state index < -0.39 is 34.7 Å². The van der Waals surface area contributed by atoms with Crippen LogP contribution in [-0.2, 0) is 19.2 Å². The van der Waals surface area contributed by atoms with Crippen molar-refractivity contribution in [2.24, 2.45) is 10.8 Å². The number of quaternary nitrogens is 2. The molecule has 0 aromatic rings. The summed E-state index contributed by atoms with van der Waals surface area (Å²) in [5, 5.41) is 38.8. The molecule has 0 radical (unpaired) electrons. The van der Waals surface area contributed by atoms with Crippen LogP contribution in [0.1, 0.15) is 12.8 Å². The molecule has 14 heteroatoms. The zero-order chi connectivity index (χ0) is 22.5. The number of hydrogen-bond donors (Lipinski definition) is 4. The highest BCUT2D eigenvalue weighted by Gasteiger charge is 2.69. The van der Waals surface area contributed by atoms with Gasteiger partial charge in [-0.25, -0.2) is 0 Å². The van der Waals surface area contributed by atoms with Crippen LogP contribution in [-0.4, -0.2) is 113 Å². The van der Waals surface area contributed by atoms with Crippen LogP contribution in [0.3, 0.4) is 0 Å². The Labute approximate surface area is 246 Å². The molecule has 0 saturated carbocycles. The number of carboxylic acids is 4. The molecule has 4 N–H and O–H groups in total. The summed E-state index contributed by atoms with van der Waals surface area (Å²) in [7, 11) is 0. The highest BCUT2D eigenvalue weighted by atomic mass is 127. The Hall–Kier alpha value is 0.720. The lowest BCUT2D eigenvalue weighted by molar-refractivity contribution is -1.04. The van der Waals surface area contributed by atoms with Gasteiger partial charge in [0.15, 0.2) is 0 Å². The molecular formula is C18H26I4N2O8. The van der Waals surface area contributed by atoms with E-state index in [0.717, 1.165) is 0 Å². The van der Waals surface area contributed by atoms with Crippen molar-refractivity contribution < 1.29 is 96.5 Å². The smallest absolute Gasteiger partial charge is 0.327 e. The average molecular weight is 906 g/mol. The minimum Gasteiger partial charge on any atom is -1.00 e. The summed E-state index contributed by atoms with van der Waals surface area (Å²) in [5.41, 5.74) is -3.62. The molecule has 0 aromatic heterocycles. The van der Waals surface area contributed by atoms with E-state index >= 15 is 0 Å². The van der Waals surface area contributed by atoms with E-state index in [1.165, 1.54) is 0 Å². The van der Waals surface area contributed by atoms with Crippen LogP contribution >= 0.6 is 45.2 Å². The highest BCUT2D eigenvalue weighted by Crippen LogP contribution is 2.47. The second-order valence-electron chi connectivity index (χ2n) is 9.06. The van der Waals surface area contributed by atoms with Gasteiger partial charge in [0.2, 0.25) is 10.8 Å². The maximum absolute atomic E-state index is 11.9. The van der Waals surface area contributed by atoms with Crippen LogP contribution in [0.15, 0.2) is 0 Å². The van der Waals surface area contributed by atoms with E-state index in [2.05, 4.69) is 45.2 Å². The lowest BCUT2D eigenvalue weighted by Gasteiger charge is -2.51. The summed E-state index contributed by atoms with van der Waals surface area (Å²) in [4.78, 5) is 47.6. The number of carboxylic acid groups (broad SMARTS) is 4. The summed E-state index contributed by atoms with van der Waals surface area (Å²) < 4.78 is 2.04. The number of rotatable bonds is 6. The first-order chi connectivity index (χ1) is 13.9. The van der Waals surface area contributed by atoms with Crippen LogP contribution < -0.4 is 48.0 Å². The SMILES string of the molecule is O=C(O)C1(C(=O)O)CC(CI)[N+]2(CC[N+]3(CC2)CC(C(=O)O)(C(=O)O)CC3CI)C1.[I-].[I-]. The molecule has 2 unspecified atom stereocenters. The van der Waals surface area contributed by atoms with Crippen LogP contribution in [0.4, 0.5) is 0 Å². The Morgan fingerprint density at radius 3 is 1.09 bits per heavy atom. The number of halogens is 4. The quantitative estimate of drug-likeness (QED) is 0.0894. The maximum atomic E-state index is 11.9. The van der Waals surface area contributed by atoms with Crippen LogP contribution in [0.5, 0.6) is 0 Å².